The van der Waals surface area contributed by atoms with E-state index in [1.54, 1.807) is 29.7 Å². The summed E-state index contributed by atoms with van der Waals surface area (Å²) >= 11 is 1.68. The van der Waals surface area contributed by atoms with E-state index in [1.165, 1.54) is 6.07 Å². The Balaban J connectivity index is 1.87. The van der Waals surface area contributed by atoms with Gasteiger partial charge in [-0.1, -0.05) is 18.2 Å². The van der Waals surface area contributed by atoms with Gasteiger partial charge < -0.3 is 9.64 Å². The summed E-state index contributed by atoms with van der Waals surface area (Å²) in [4.78, 5) is 25.3. The van der Waals surface area contributed by atoms with Gasteiger partial charge in [-0.2, -0.15) is 11.8 Å². The second-order valence-electron chi connectivity index (χ2n) is 5.36. The minimum Gasteiger partial charge on any atom is -0.466 e. The Hall–Kier alpha value is -1.56. The van der Waals surface area contributed by atoms with Crippen LogP contribution in [-0.2, 0) is 14.3 Å². The van der Waals surface area contributed by atoms with Crippen molar-refractivity contribution in [1.29, 1.82) is 0 Å². The normalized spacial score (nSPS) is 18.3. The topological polar surface area (TPSA) is 46.6 Å². The molecule has 0 bridgehead atoms. The zero-order valence-electron chi connectivity index (χ0n) is 13.3. The van der Waals surface area contributed by atoms with Gasteiger partial charge in [-0.15, -0.1) is 0 Å². The first-order chi connectivity index (χ1) is 11.1. The van der Waals surface area contributed by atoms with E-state index >= 15 is 0 Å². The number of nitrogens with zero attached hydrogens (tertiary/aromatic N) is 1. The molecule has 2 rings (SSSR count). The highest BCUT2D eigenvalue weighted by Gasteiger charge is 2.23. The number of ether oxygens (including phenoxy) is 1. The van der Waals surface area contributed by atoms with E-state index in [-0.39, 0.29) is 35.8 Å². The highest BCUT2D eigenvalue weighted by atomic mass is 32.2. The Morgan fingerprint density at radius 2 is 2.09 bits per heavy atom. The van der Waals surface area contributed by atoms with Crippen molar-refractivity contribution in [1.82, 2.24) is 4.90 Å². The summed E-state index contributed by atoms with van der Waals surface area (Å²) in [5.74, 6) is 0.207. The number of amides is 1. The van der Waals surface area contributed by atoms with E-state index in [0.717, 1.165) is 12.2 Å². The lowest BCUT2D eigenvalue weighted by Gasteiger charge is -2.20. The summed E-state index contributed by atoms with van der Waals surface area (Å²) in [7, 11) is 0. The number of carbonyl (C=O) groups is 2. The molecule has 6 heteroatoms. The lowest BCUT2D eigenvalue weighted by Crippen LogP contribution is -2.33. The first kappa shape index (κ1) is 17.8. The van der Waals surface area contributed by atoms with Crippen molar-refractivity contribution >= 4 is 23.6 Å². The van der Waals surface area contributed by atoms with Crippen LogP contribution in [0.15, 0.2) is 24.3 Å². The van der Waals surface area contributed by atoms with Gasteiger partial charge in [0.05, 0.1) is 13.0 Å². The van der Waals surface area contributed by atoms with E-state index < -0.39 is 0 Å². The predicted octanol–water partition coefficient (Wildman–Crippen LogP) is 3.18. The van der Waals surface area contributed by atoms with Crippen molar-refractivity contribution < 1.29 is 18.7 Å². The quantitative estimate of drug-likeness (QED) is 0.773. The van der Waals surface area contributed by atoms with Crippen LogP contribution in [0.1, 0.15) is 37.0 Å². The lowest BCUT2D eigenvalue weighted by molar-refractivity contribution is -0.145. The van der Waals surface area contributed by atoms with Crippen LogP contribution < -0.4 is 0 Å². The van der Waals surface area contributed by atoms with Crippen molar-refractivity contribution in [3.05, 3.63) is 35.6 Å². The first-order valence-corrected chi connectivity index (χ1v) is 8.96. The maximum atomic E-state index is 13.9. The maximum Gasteiger partial charge on any atom is 0.306 e. The van der Waals surface area contributed by atoms with Crippen LogP contribution in [0.2, 0.25) is 0 Å². The van der Waals surface area contributed by atoms with E-state index in [1.807, 2.05) is 12.1 Å². The van der Waals surface area contributed by atoms with Gasteiger partial charge in [-0.3, -0.25) is 9.59 Å². The van der Waals surface area contributed by atoms with Crippen LogP contribution >= 0.6 is 11.8 Å². The van der Waals surface area contributed by atoms with Gasteiger partial charge in [0.2, 0.25) is 5.91 Å². The predicted molar refractivity (Wildman–Crippen MR) is 88.7 cm³/mol. The standard InChI is InChI=1S/C17H22FNO3S/c1-2-22-17(21)8-7-16(20)19-10-9-15(23-12-11-19)13-5-3-4-6-14(13)18/h3-6,15H,2,7-12H2,1H3/t15-/m1/s1. The molecule has 1 aliphatic heterocycles. The summed E-state index contributed by atoms with van der Waals surface area (Å²) in [6.07, 6.45) is 1.01. The molecule has 0 unspecified atom stereocenters. The first-order valence-electron chi connectivity index (χ1n) is 7.91. The van der Waals surface area contributed by atoms with Gasteiger partial charge in [0.15, 0.2) is 0 Å². The third kappa shape index (κ3) is 5.23. The summed E-state index contributed by atoms with van der Waals surface area (Å²) in [6, 6.07) is 6.81. The highest BCUT2D eigenvalue weighted by Crippen LogP contribution is 2.35. The van der Waals surface area contributed by atoms with Crippen molar-refractivity contribution in [2.75, 3.05) is 25.4 Å². The van der Waals surface area contributed by atoms with Crippen molar-refractivity contribution in [3.63, 3.8) is 0 Å². The SMILES string of the molecule is CCOC(=O)CCC(=O)N1CCS[C@@H](c2ccccc2F)CC1. The van der Waals surface area contributed by atoms with Crippen LogP contribution in [0.4, 0.5) is 4.39 Å². The zero-order chi connectivity index (χ0) is 16.7. The summed E-state index contributed by atoms with van der Waals surface area (Å²) in [6.45, 7) is 3.30. The monoisotopic (exact) mass is 339 g/mol. The van der Waals surface area contributed by atoms with E-state index in [4.69, 9.17) is 4.74 Å². The molecule has 1 aromatic carbocycles. The Kier molecular flexibility index (Phi) is 6.89. The van der Waals surface area contributed by atoms with Gasteiger partial charge in [0.25, 0.3) is 0 Å². The number of esters is 1. The fourth-order valence-corrected chi connectivity index (χ4v) is 3.86. The van der Waals surface area contributed by atoms with Gasteiger partial charge >= 0.3 is 5.97 Å². The molecule has 1 heterocycles. The highest BCUT2D eigenvalue weighted by molar-refractivity contribution is 7.99. The molecule has 1 aliphatic rings. The number of halogens is 1. The molecular weight excluding hydrogens is 317 g/mol. The Morgan fingerprint density at radius 3 is 2.83 bits per heavy atom. The second kappa shape index (κ2) is 8.91. The molecule has 1 fully saturated rings. The summed E-state index contributed by atoms with van der Waals surface area (Å²) in [5.41, 5.74) is 0.707. The largest absolute Gasteiger partial charge is 0.466 e. The smallest absolute Gasteiger partial charge is 0.306 e. The molecule has 0 spiro atoms. The molecule has 1 aromatic rings. The van der Waals surface area contributed by atoms with Crippen LogP contribution in [-0.4, -0.2) is 42.2 Å². The van der Waals surface area contributed by atoms with E-state index in [9.17, 15) is 14.0 Å². The Morgan fingerprint density at radius 1 is 1.30 bits per heavy atom. The van der Waals surface area contributed by atoms with Crippen molar-refractivity contribution in [2.45, 2.75) is 31.4 Å². The maximum absolute atomic E-state index is 13.9. The zero-order valence-corrected chi connectivity index (χ0v) is 14.1. The van der Waals surface area contributed by atoms with E-state index in [2.05, 4.69) is 0 Å². The molecule has 1 atom stereocenters. The Labute approximate surface area is 140 Å². The minimum atomic E-state index is -0.339. The Bertz CT molecular complexity index is 552. The molecule has 1 saturated heterocycles. The average Bonchev–Trinajstić information content (AvgIpc) is 2.79. The molecule has 126 valence electrons. The minimum absolute atomic E-state index is 0.0344. The summed E-state index contributed by atoms with van der Waals surface area (Å²) in [5, 5.41) is 0.0686. The third-order valence-electron chi connectivity index (χ3n) is 3.79. The molecular formula is C17H22FNO3S. The van der Waals surface area contributed by atoms with Crippen LogP contribution in [0.5, 0.6) is 0 Å². The molecule has 0 aromatic heterocycles. The van der Waals surface area contributed by atoms with Crippen molar-refractivity contribution in [3.8, 4) is 0 Å². The molecule has 0 aliphatic carbocycles. The third-order valence-corrected chi connectivity index (χ3v) is 5.10. The molecule has 0 saturated carbocycles. The fraction of sp³-hybridized carbons (Fsp3) is 0.529. The number of hydrogen-bond acceptors (Lipinski definition) is 4. The molecule has 1 amide bonds. The van der Waals surface area contributed by atoms with Crippen LogP contribution in [0.25, 0.3) is 0 Å². The molecule has 23 heavy (non-hydrogen) atoms. The molecule has 4 nitrogen and oxygen atoms in total. The van der Waals surface area contributed by atoms with Gasteiger partial charge in [-0.05, 0) is 19.4 Å². The average molecular weight is 339 g/mol. The number of carbonyl (C=O) groups excluding carboxylic acids is 2. The number of benzene rings is 1. The molecule has 0 radical (unpaired) electrons. The number of hydrogen-bond donors (Lipinski definition) is 0. The van der Waals surface area contributed by atoms with Crippen LogP contribution in [0.3, 0.4) is 0 Å². The van der Waals surface area contributed by atoms with Crippen molar-refractivity contribution in [2.24, 2.45) is 0 Å². The van der Waals surface area contributed by atoms with Gasteiger partial charge in [-0.25, -0.2) is 4.39 Å². The second-order valence-corrected chi connectivity index (χ2v) is 6.67. The number of thioether (sulfide) groups is 1. The van der Waals surface area contributed by atoms with Gasteiger partial charge in [0, 0.05) is 36.1 Å². The summed E-state index contributed by atoms with van der Waals surface area (Å²) < 4.78 is 18.7. The molecule has 0 N–H and O–H groups in total. The fourth-order valence-electron chi connectivity index (χ4n) is 2.60. The lowest BCUT2D eigenvalue weighted by atomic mass is 10.1. The van der Waals surface area contributed by atoms with Crippen LogP contribution in [0, 0.1) is 5.82 Å². The number of rotatable bonds is 5. The van der Waals surface area contributed by atoms with Gasteiger partial charge in [0.1, 0.15) is 5.82 Å². The van der Waals surface area contributed by atoms with E-state index in [0.29, 0.717) is 25.3 Å².